The summed E-state index contributed by atoms with van der Waals surface area (Å²) in [6.45, 7) is 0. The van der Waals surface area contributed by atoms with Gasteiger partial charge in [-0.3, -0.25) is 5.32 Å². The van der Waals surface area contributed by atoms with E-state index in [-0.39, 0.29) is 11.3 Å². The van der Waals surface area contributed by atoms with Gasteiger partial charge in [0, 0.05) is 5.56 Å². The van der Waals surface area contributed by atoms with Crippen LogP contribution in [0, 0.1) is 0 Å². The molecule has 2 nitrogen and oxygen atoms in total. The lowest BCUT2D eigenvalue weighted by molar-refractivity contribution is -0.159. The maximum atomic E-state index is 14.3. The molecule has 0 aliphatic carbocycles. The van der Waals surface area contributed by atoms with Crippen LogP contribution < -0.4 is 5.32 Å². The molecule has 30 heavy (non-hydrogen) atoms. The molecule has 0 amide bonds. The van der Waals surface area contributed by atoms with Crippen molar-refractivity contribution < 1.29 is 18.3 Å². The Morgan fingerprint density at radius 3 is 1.77 bits per heavy atom. The Labute approximate surface area is 172 Å². The molecule has 0 saturated heterocycles. The predicted octanol–water partition coefficient (Wildman–Crippen LogP) is 6.53. The molecule has 0 bridgehead atoms. The summed E-state index contributed by atoms with van der Waals surface area (Å²) in [6.07, 6.45) is -4.62. The fourth-order valence-corrected chi connectivity index (χ4v) is 3.77. The molecule has 2 N–H and O–H groups in total. The SMILES string of the molecule is Oc1ccc2ccccc2c1C(NC(c1ccccc1)c1ccccc1)C(F)(F)F. The van der Waals surface area contributed by atoms with Crippen molar-refractivity contribution in [1.82, 2.24) is 5.32 Å². The number of fused-ring (bicyclic) bond motifs is 1. The highest BCUT2D eigenvalue weighted by molar-refractivity contribution is 5.88. The average molecular weight is 407 g/mol. The van der Waals surface area contributed by atoms with Crippen LogP contribution in [0.15, 0.2) is 97.1 Å². The second-order valence-corrected chi connectivity index (χ2v) is 7.12. The largest absolute Gasteiger partial charge is 0.508 e. The quantitative estimate of drug-likeness (QED) is 0.394. The minimum Gasteiger partial charge on any atom is -0.508 e. The van der Waals surface area contributed by atoms with E-state index in [0.29, 0.717) is 21.9 Å². The van der Waals surface area contributed by atoms with Crippen molar-refractivity contribution in [3.05, 3.63) is 114 Å². The summed E-state index contributed by atoms with van der Waals surface area (Å²) in [4.78, 5) is 0. The van der Waals surface area contributed by atoms with Crippen molar-refractivity contribution in [1.29, 1.82) is 0 Å². The summed E-state index contributed by atoms with van der Waals surface area (Å²) in [5.41, 5.74) is 1.24. The van der Waals surface area contributed by atoms with E-state index < -0.39 is 18.3 Å². The van der Waals surface area contributed by atoms with Crippen molar-refractivity contribution in [3.63, 3.8) is 0 Å². The first kappa shape index (κ1) is 20.0. The molecule has 1 unspecified atom stereocenters. The Morgan fingerprint density at radius 2 is 1.20 bits per heavy atom. The molecule has 152 valence electrons. The molecule has 0 radical (unpaired) electrons. The van der Waals surface area contributed by atoms with E-state index in [2.05, 4.69) is 5.32 Å². The molecule has 0 spiro atoms. The first-order chi connectivity index (χ1) is 14.4. The Hall–Kier alpha value is -3.31. The van der Waals surface area contributed by atoms with Crippen molar-refractivity contribution in [3.8, 4) is 5.75 Å². The first-order valence-electron chi connectivity index (χ1n) is 9.58. The van der Waals surface area contributed by atoms with Crippen LogP contribution in [0.25, 0.3) is 10.8 Å². The van der Waals surface area contributed by atoms with Gasteiger partial charge in [-0.15, -0.1) is 0 Å². The summed E-state index contributed by atoms with van der Waals surface area (Å²) in [5, 5.41) is 14.3. The van der Waals surface area contributed by atoms with Gasteiger partial charge in [0.2, 0.25) is 0 Å². The number of halogens is 3. The molecule has 0 aliphatic heterocycles. The second-order valence-electron chi connectivity index (χ2n) is 7.12. The fourth-order valence-electron chi connectivity index (χ4n) is 3.77. The van der Waals surface area contributed by atoms with Crippen LogP contribution in [-0.2, 0) is 0 Å². The van der Waals surface area contributed by atoms with Crippen LogP contribution in [0.1, 0.15) is 28.8 Å². The molecular formula is C25H20F3NO. The lowest BCUT2D eigenvalue weighted by Crippen LogP contribution is -2.37. The summed E-state index contributed by atoms with van der Waals surface area (Å²) in [5.74, 6) is -0.386. The van der Waals surface area contributed by atoms with Crippen LogP contribution in [-0.4, -0.2) is 11.3 Å². The highest BCUT2D eigenvalue weighted by Gasteiger charge is 2.44. The maximum absolute atomic E-state index is 14.3. The van der Waals surface area contributed by atoms with Crippen molar-refractivity contribution >= 4 is 10.8 Å². The standard InChI is InChI=1S/C25H20F3NO/c26-25(27,28)24(22-20-14-8-7-9-17(20)15-16-21(22)30)29-23(18-10-3-1-4-11-18)19-12-5-2-6-13-19/h1-16,23-24,29-30H. The molecule has 0 saturated carbocycles. The number of hydrogen-bond donors (Lipinski definition) is 2. The van der Waals surface area contributed by atoms with Crippen molar-refractivity contribution in [2.75, 3.05) is 0 Å². The van der Waals surface area contributed by atoms with Gasteiger partial charge in [-0.2, -0.15) is 13.2 Å². The first-order valence-corrected chi connectivity index (χ1v) is 9.58. The Balaban J connectivity index is 1.87. The minimum absolute atomic E-state index is 0.169. The summed E-state index contributed by atoms with van der Waals surface area (Å²) < 4.78 is 43.0. The van der Waals surface area contributed by atoms with E-state index in [1.807, 2.05) is 12.1 Å². The number of phenolic OH excluding ortho intramolecular Hbond substituents is 1. The summed E-state index contributed by atoms with van der Waals surface area (Å²) >= 11 is 0. The van der Waals surface area contributed by atoms with Gasteiger partial charge in [-0.05, 0) is 28.0 Å². The van der Waals surface area contributed by atoms with Gasteiger partial charge >= 0.3 is 6.18 Å². The molecule has 4 rings (SSSR count). The number of rotatable bonds is 5. The van der Waals surface area contributed by atoms with Gasteiger partial charge in [0.1, 0.15) is 11.8 Å². The highest BCUT2D eigenvalue weighted by atomic mass is 19.4. The van der Waals surface area contributed by atoms with Crippen LogP contribution in [0.2, 0.25) is 0 Å². The van der Waals surface area contributed by atoms with Crippen molar-refractivity contribution in [2.24, 2.45) is 0 Å². The van der Waals surface area contributed by atoms with Gasteiger partial charge in [-0.1, -0.05) is 91.0 Å². The van der Waals surface area contributed by atoms with Crippen LogP contribution in [0.3, 0.4) is 0 Å². The molecule has 0 fully saturated rings. The van der Waals surface area contributed by atoms with Gasteiger partial charge in [0.15, 0.2) is 0 Å². The smallest absolute Gasteiger partial charge is 0.408 e. The minimum atomic E-state index is -4.62. The molecule has 1 atom stereocenters. The van der Waals surface area contributed by atoms with E-state index in [4.69, 9.17) is 0 Å². The third-order valence-electron chi connectivity index (χ3n) is 5.16. The van der Waals surface area contributed by atoms with E-state index in [1.54, 1.807) is 78.9 Å². The molecule has 0 aromatic heterocycles. The molecule has 4 aromatic rings. The number of benzene rings is 4. The number of phenols is 1. The lowest BCUT2D eigenvalue weighted by atomic mass is 9.93. The average Bonchev–Trinajstić information content (AvgIpc) is 2.76. The summed E-state index contributed by atoms with van der Waals surface area (Å²) in [6, 6.07) is 24.9. The molecule has 4 aromatic carbocycles. The van der Waals surface area contributed by atoms with Gasteiger partial charge in [0.05, 0.1) is 6.04 Å². The Kier molecular flexibility index (Phi) is 5.46. The van der Waals surface area contributed by atoms with Gasteiger partial charge in [-0.25, -0.2) is 0 Å². The second kappa shape index (κ2) is 8.20. The topological polar surface area (TPSA) is 32.3 Å². The number of nitrogens with one attached hydrogen (secondary N) is 1. The number of alkyl halides is 3. The molecule has 0 heterocycles. The molecular weight excluding hydrogens is 387 g/mol. The van der Waals surface area contributed by atoms with E-state index in [1.165, 1.54) is 6.07 Å². The zero-order chi connectivity index (χ0) is 21.1. The number of hydrogen-bond acceptors (Lipinski definition) is 2. The summed E-state index contributed by atoms with van der Waals surface area (Å²) in [7, 11) is 0. The van der Waals surface area contributed by atoms with E-state index in [0.717, 1.165) is 0 Å². The zero-order valence-electron chi connectivity index (χ0n) is 16.0. The number of aromatic hydroxyl groups is 1. The van der Waals surface area contributed by atoms with Crippen LogP contribution >= 0.6 is 0 Å². The predicted molar refractivity (Wildman–Crippen MR) is 112 cm³/mol. The van der Waals surface area contributed by atoms with E-state index >= 15 is 0 Å². The monoisotopic (exact) mass is 407 g/mol. The Bertz CT molecular complexity index is 1090. The third-order valence-corrected chi connectivity index (χ3v) is 5.16. The normalized spacial score (nSPS) is 12.9. The van der Waals surface area contributed by atoms with Crippen LogP contribution in [0.4, 0.5) is 13.2 Å². The molecule has 0 aliphatic rings. The van der Waals surface area contributed by atoms with Crippen molar-refractivity contribution in [2.45, 2.75) is 18.3 Å². The lowest BCUT2D eigenvalue weighted by Gasteiger charge is -2.30. The highest BCUT2D eigenvalue weighted by Crippen LogP contribution is 2.42. The van der Waals surface area contributed by atoms with Crippen LogP contribution in [0.5, 0.6) is 5.75 Å². The molecule has 5 heteroatoms. The van der Waals surface area contributed by atoms with Gasteiger partial charge in [0.25, 0.3) is 0 Å². The zero-order valence-corrected chi connectivity index (χ0v) is 16.0. The van der Waals surface area contributed by atoms with E-state index in [9.17, 15) is 18.3 Å². The van der Waals surface area contributed by atoms with Gasteiger partial charge < -0.3 is 5.11 Å². The maximum Gasteiger partial charge on any atom is 0.408 e. The Morgan fingerprint density at radius 1 is 0.667 bits per heavy atom. The fraction of sp³-hybridized carbons (Fsp3) is 0.120. The third kappa shape index (κ3) is 4.02.